The van der Waals surface area contributed by atoms with Gasteiger partial charge < -0.3 is 14.1 Å². The lowest BCUT2D eigenvalue weighted by Gasteiger charge is -2.32. The highest BCUT2D eigenvalue weighted by Crippen LogP contribution is 2.21. The van der Waals surface area contributed by atoms with Crippen LogP contribution in [0.4, 0.5) is 0 Å². The summed E-state index contributed by atoms with van der Waals surface area (Å²) in [6, 6.07) is 13.9. The molecule has 1 aliphatic rings. The second-order valence-corrected chi connectivity index (χ2v) is 7.38. The van der Waals surface area contributed by atoms with Crippen molar-refractivity contribution in [3.05, 3.63) is 64.5 Å². The summed E-state index contributed by atoms with van der Waals surface area (Å²) in [5.74, 6) is 0.422. The number of rotatable bonds is 6. The second-order valence-electron chi connectivity index (χ2n) is 6.60. The molecule has 142 valence electrons. The Morgan fingerprint density at radius 2 is 1.89 bits per heavy atom. The van der Waals surface area contributed by atoms with E-state index in [0.717, 1.165) is 19.3 Å². The molecule has 5 nitrogen and oxygen atoms in total. The van der Waals surface area contributed by atoms with Crippen molar-refractivity contribution in [1.82, 2.24) is 4.90 Å². The highest BCUT2D eigenvalue weighted by atomic mass is 79.9. The van der Waals surface area contributed by atoms with Gasteiger partial charge in [-0.3, -0.25) is 4.79 Å². The Morgan fingerprint density at radius 1 is 1.15 bits per heavy atom. The number of halogens is 1. The zero-order valence-electron chi connectivity index (χ0n) is 15.0. The third-order valence-electron chi connectivity index (χ3n) is 4.65. The maximum absolute atomic E-state index is 12.2. The first-order valence-electron chi connectivity index (χ1n) is 9.02. The van der Waals surface area contributed by atoms with Crippen LogP contribution in [0.3, 0.4) is 0 Å². The Kier molecular flexibility index (Phi) is 6.87. The van der Waals surface area contributed by atoms with Gasteiger partial charge >= 0.3 is 5.97 Å². The number of ether oxygens (including phenoxy) is 1. The smallest absolute Gasteiger partial charge is 0.331 e. The third kappa shape index (κ3) is 6.10. The molecule has 1 aromatic carbocycles. The van der Waals surface area contributed by atoms with E-state index in [1.807, 2.05) is 6.07 Å². The molecule has 0 bridgehead atoms. The van der Waals surface area contributed by atoms with Gasteiger partial charge in [-0.2, -0.15) is 0 Å². The first-order valence-corrected chi connectivity index (χ1v) is 9.81. The number of hydrogen-bond acceptors (Lipinski definition) is 4. The number of likely N-dealkylation sites (tertiary alicyclic amines) is 1. The number of nitrogens with zero attached hydrogens (tertiary/aromatic N) is 1. The Balaban J connectivity index is 1.38. The van der Waals surface area contributed by atoms with Gasteiger partial charge in [-0.25, -0.2) is 4.79 Å². The molecular formula is C21H22BrNO4. The standard InChI is InChI=1S/C21H22BrNO4/c22-19-8-6-18(27-19)7-9-21(25)26-15-20(24)23-12-10-17(11-13-23)14-16-4-2-1-3-5-16/h1-9,17H,10-15H2. The largest absolute Gasteiger partial charge is 0.452 e. The zero-order chi connectivity index (χ0) is 19.1. The summed E-state index contributed by atoms with van der Waals surface area (Å²) >= 11 is 3.19. The van der Waals surface area contributed by atoms with Crippen molar-refractivity contribution in [2.24, 2.45) is 5.92 Å². The van der Waals surface area contributed by atoms with E-state index in [0.29, 0.717) is 29.4 Å². The van der Waals surface area contributed by atoms with Gasteiger partial charge in [0.15, 0.2) is 11.3 Å². The first-order chi connectivity index (χ1) is 13.1. The molecule has 0 aliphatic carbocycles. The molecule has 1 saturated heterocycles. The lowest BCUT2D eigenvalue weighted by atomic mass is 9.90. The van der Waals surface area contributed by atoms with Crippen molar-refractivity contribution in [3.63, 3.8) is 0 Å². The number of esters is 1. The molecule has 2 aromatic rings. The molecule has 0 radical (unpaired) electrons. The molecule has 0 N–H and O–H groups in total. The van der Waals surface area contributed by atoms with Gasteiger partial charge in [-0.1, -0.05) is 30.3 Å². The van der Waals surface area contributed by atoms with E-state index in [4.69, 9.17) is 9.15 Å². The van der Waals surface area contributed by atoms with Crippen molar-refractivity contribution < 1.29 is 18.7 Å². The number of carbonyl (C=O) groups excluding carboxylic acids is 2. The summed E-state index contributed by atoms with van der Waals surface area (Å²) in [5.41, 5.74) is 1.34. The average Bonchev–Trinajstić information content (AvgIpc) is 3.11. The van der Waals surface area contributed by atoms with Crippen LogP contribution in [0.5, 0.6) is 0 Å². The fraction of sp³-hybridized carbons (Fsp3) is 0.333. The highest BCUT2D eigenvalue weighted by Gasteiger charge is 2.23. The molecule has 0 saturated carbocycles. The topological polar surface area (TPSA) is 59.8 Å². The van der Waals surface area contributed by atoms with Crippen molar-refractivity contribution in [1.29, 1.82) is 0 Å². The quantitative estimate of drug-likeness (QED) is 0.510. The lowest BCUT2D eigenvalue weighted by Crippen LogP contribution is -2.41. The molecular weight excluding hydrogens is 410 g/mol. The molecule has 3 rings (SSSR count). The zero-order valence-corrected chi connectivity index (χ0v) is 16.6. The third-order valence-corrected chi connectivity index (χ3v) is 5.08. The number of furan rings is 1. The minimum Gasteiger partial charge on any atom is -0.452 e. The Bertz CT molecular complexity index is 792. The van der Waals surface area contributed by atoms with Crippen LogP contribution in [0.25, 0.3) is 6.08 Å². The van der Waals surface area contributed by atoms with E-state index in [1.165, 1.54) is 17.7 Å². The monoisotopic (exact) mass is 431 g/mol. The molecule has 1 aliphatic heterocycles. The molecule has 0 spiro atoms. The molecule has 1 amide bonds. The number of amides is 1. The lowest BCUT2D eigenvalue weighted by molar-refractivity contribution is -0.148. The van der Waals surface area contributed by atoms with E-state index >= 15 is 0 Å². The minimum absolute atomic E-state index is 0.143. The van der Waals surface area contributed by atoms with Crippen molar-refractivity contribution in [3.8, 4) is 0 Å². The number of hydrogen-bond donors (Lipinski definition) is 0. The van der Waals surface area contributed by atoms with Crippen molar-refractivity contribution >= 4 is 33.9 Å². The maximum atomic E-state index is 12.2. The molecule has 27 heavy (non-hydrogen) atoms. The predicted molar refractivity (Wildman–Crippen MR) is 106 cm³/mol. The summed E-state index contributed by atoms with van der Waals surface area (Å²) in [6.45, 7) is 1.20. The summed E-state index contributed by atoms with van der Waals surface area (Å²) in [7, 11) is 0. The molecule has 0 unspecified atom stereocenters. The van der Waals surface area contributed by atoms with Crippen LogP contribution in [-0.4, -0.2) is 36.5 Å². The molecule has 2 heterocycles. The van der Waals surface area contributed by atoms with Crippen LogP contribution in [0.2, 0.25) is 0 Å². The van der Waals surface area contributed by atoms with Gasteiger partial charge in [0.05, 0.1) is 0 Å². The summed E-state index contributed by atoms with van der Waals surface area (Å²) in [6.07, 6.45) is 5.76. The van der Waals surface area contributed by atoms with Gasteiger partial charge in [0.25, 0.3) is 5.91 Å². The van der Waals surface area contributed by atoms with E-state index in [2.05, 4.69) is 40.2 Å². The average molecular weight is 432 g/mol. The minimum atomic E-state index is -0.560. The van der Waals surface area contributed by atoms with Gasteiger partial charge in [0, 0.05) is 19.2 Å². The normalized spacial score (nSPS) is 15.2. The molecule has 1 fully saturated rings. The summed E-state index contributed by atoms with van der Waals surface area (Å²) < 4.78 is 10.9. The Hall–Kier alpha value is -2.34. The van der Waals surface area contributed by atoms with Gasteiger partial charge in [-0.15, -0.1) is 0 Å². The fourth-order valence-corrected chi connectivity index (χ4v) is 3.49. The Labute approximate surface area is 167 Å². The van der Waals surface area contributed by atoms with Gasteiger partial charge in [-0.05, 0) is 64.9 Å². The SMILES string of the molecule is O=C(C=Cc1ccc(Br)o1)OCC(=O)N1CCC(Cc2ccccc2)CC1. The summed E-state index contributed by atoms with van der Waals surface area (Å²) in [4.78, 5) is 25.8. The van der Waals surface area contributed by atoms with Crippen LogP contribution in [0.1, 0.15) is 24.2 Å². The summed E-state index contributed by atoms with van der Waals surface area (Å²) in [5, 5.41) is 0. The van der Waals surface area contributed by atoms with Crippen LogP contribution in [-0.2, 0) is 20.7 Å². The van der Waals surface area contributed by atoms with E-state index in [9.17, 15) is 9.59 Å². The van der Waals surface area contributed by atoms with E-state index < -0.39 is 5.97 Å². The first kappa shape index (κ1) is 19.4. The number of carbonyl (C=O) groups is 2. The van der Waals surface area contributed by atoms with Gasteiger partial charge in [0.1, 0.15) is 5.76 Å². The number of piperidine rings is 1. The molecule has 6 heteroatoms. The Morgan fingerprint density at radius 3 is 2.56 bits per heavy atom. The maximum Gasteiger partial charge on any atom is 0.331 e. The number of benzene rings is 1. The van der Waals surface area contributed by atoms with Gasteiger partial charge in [0.2, 0.25) is 0 Å². The van der Waals surface area contributed by atoms with Crippen LogP contribution >= 0.6 is 15.9 Å². The van der Waals surface area contributed by atoms with E-state index in [1.54, 1.807) is 17.0 Å². The van der Waals surface area contributed by atoms with Crippen molar-refractivity contribution in [2.45, 2.75) is 19.3 Å². The second kappa shape index (κ2) is 9.55. The molecule has 1 aromatic heterocycles. The van der Waals surface area contributed by atoms with Crippen LogP contribution < -0.4 is 0 Å². The van der Waals surface area contributed by atoms with Crippen LogP contribution in [0, 0.1) is 5.92 Å². The predicted octanol–water partition coefficient (Wildman–Crippen LogP) is 4.08. The van der Waals surface area contributed by atoms with Crippen molar-refractivity contribution in [2.75, 3.05) is 19.7 Å². The van der Waals surface area contributed by atoms with E-state index in [-0.39, 0.29) is 12.5 Å². The molecule has 0 atom stereocenters. The highest BCUT2D eigenvalue weighted by molar-refractivity contribution is 9.10. The fourth-order valence-electron chi connectivity index (χ4n) is 3.17. The van der Waals surface area contributed by atoms with Crippen LogP contribution in [0.15, 0.2) is 57.6 Å².